The maximum absolute atomic E-state index is 12.7. The van der Waals surface area contributed by atoms with Crippen molar-refractivity contribution < 1.29 is 14.3 Å². The van der Waals surface area contributed by atoms with Crippen LogP contribution in [0.15, 0.2) is 54.9 Å². The van der Waals surface area contributed by atoms with E-state index < -0.39 is 0 Å². The summed E-state index contributed by atoms with van der Waals surface area (Å²) in [6, 6.07) is 12.8. The predicted octanol–water partition coefficient (Wildman–Crippen LogP) is 2.91. The number of aromatic nitrogens is 3. The molecule has 1 N–H and O–H groups in total. The number of amides is 2. The van der Waals surface area contributed by atoms with Crippen molar-refractivity contribution >= 4 is 17.5 Å². The van der Waals surface area contributed by atoms with Gasteiger partial charge >= 0.3 is 6.03 Å². The summed E-state index contributed by atoms with van der Waals surface area (Å²) in [6.45, 7) is 2.52. The molecular formula is C22H24N6O3. The summed E-state index contributed by atoms with van der Waals surface area (Å²) in [7, 11) is 3.15. The molecule has 0 aliphatic carbocycles. The highest BCUT2D eigenvalue weighted by atomic mass is 16.5. The molecule has 1 fully saturated rings. The number of nitrogens with zero attached hydrogens (tertiary/aromatic N) is 5. The van der Waals surface area contributed by atoms with Gasteiger partial charge in [0.05, 0.1) is 25.6 Å². The molecule has 1 aromatic carbocycles. The van der Waals surface area contributed by atoms with Crippen LogP contribution in [-0.4, -0.2) is 66.5 Å². The highest BCUT2D eigenvalue weighted by Gasteiger charge is 2.23. The highest BCUT2D eigenvalue weighted by molar-refractivity contribution is 5.91. The number of methoxy groups -OCH3 is 2. The molecule has 4 rings (SSSR count). The Morgan fingerprint density at radius 3 is 2.35 bits per heavy atom. The van der Waals surface area contributed by atoms with Gasteiger partial charge in [-0.05, 0) is 36.4 Å². The second-order valence-corrected chi connectivity index (χ2v) is 6.98. The van der Waals surface area contributed by atoms with Crippen LogP contribution in [0.4, 0.5) is 16.3 Å². The number of hydrogen-bond donors (Lipinski definition) is 1. The lowest BCUT2D eigenvalue weighted by molar-refractivity contribution is 0.208. The summed E-state index contributed by atoms with van der Waals surface area (Å²) in [5, 5.41) is 11.6. The molecule has 9 nitrogen and oxygen atoms in total. The zero-order chi connectivity index (χ0) is 21.6. The quantitative estimate of drug-likeness (QED) is 0.678. The van der Waals surface area contributed by atoms with Crippen molar-refractivity contribution in [2.45, 2.75) is 0 Å². The van der Waals surface area contributed by atoms with E-state index in [1.54, 1.807) is 49.7 Å². The molecule has 0 saturated carbocycles. The van der Waals surface area contributed by atoms with E-state index >= 15 is 0 Å². The molecule has 3 heterocycles. The van der Waals surface area contributed by atoms with Gasteiger partial charge in [-0.15, -0.1) is 10.2 Å². The predicted molar refractivity (Wildman–Crippen MR) is 118 cm³/mol. The van der Waals surface area contributed by atoms with Gasteiger partial charge in [-0.25, -0.2) is 4.79 Å². The fraction of sp³-hybridized carbons (Fsp3) is 0.273. The van der Waals surface area contributed by atoms with Gasteiger partial charge in [0.25, 0.3) is 0 Å². The number of pyridine rings is 1. The average molecular weight is 420 g/mol. The summed E-state index contributed by atoms with van der Waals surface area (Å²) in [6.07, 6.45) is 3.47. The van der Waals surface area contributed by atoms with E-state index in [1.807, 2.05) is 24.3 Å². The van der Waals surface area contributed by atoms with Crippen molar-refractivity contribution in [2.24, 2.45) is 0 Å². The number of carbonyl (C=O) groups excluding carboxylic acids is 1. The lowest BCUT2D eigenvalue weighted by Crippen LogP contribution is -2.50. The molecule has 1 aliphatic heterocycles. The molecule has 3 aromatic rings. The molecule has 1 aliphatic rings. The topological polar surface area (TPSA) is 92.7 Å². The van der Waals surface area contributed by atoms with E-state index in [9.17, 15) is 4.79 Å². The van der Waals surface area contributed by atoms with Gasteiger partial charge in [0.2, 0.25) is 0 Å². The molecule has 0 atom stereocenters. The van der Waals surface area contributed by atoms with Gasteiger partial charge in [-0.1, -0.05) is 0 Å². The number of anilines is 2. The van der Waals surface area contributed by atoms with Crippen molar-refractivity contribution in [3.63, 3.8) is 0 Å². The van der Waals surface area contributed by atoms with Crippen molar-refractivity contribution in [2.75, 3.05) is 50.6 Å². The molecule has 31 heavy (non-hydrogen) atoms. The lowest BCUT2D eigenvalue weighted by Gasteiger charge is -2.35. The first kappa shape index (κ1) is 20.4. The van der Waals surface area contributed by atoms with Crippen LogP contribution in [-0.2, 0) is 0 Å². The Balaban J connectivity index is 1.35. The van der Waals surface area contributed by atoms with Gasteiger partial charge in [-0.2, -0.15) is 0 Å². The molecule has 2 amide bonds. The van der Waals surface area contributed by atoms with Gasteiger partial charge in [-0.3, -0.25) is 4.98 Å². The minimum Gasteiger partial charge on any atom is -0.497 e. The third-order valence-corrected chi connectivity index (χ3v) is 5.17. The van der Waals surface area contributed by atoms with E-state index in [-0.39, 0.29) is 6.03 Å². The van der Waals surface area contributed by atoms with Crippen molar-refractivity contribution in [3.05, 3.63) is 54.9 Å². The zero-order valence-corrected chi connectivity index (χ0v) is 17.5. The smallest absolute Gasteiger partial charge is 0.322 e. The van der Waals surface area contributed by atoms with Crippen LogP contribution >= 0.6 is 0 Å². The fourth-order valence-corrected chi connectivity index (χ4v) is 3.41. The first-order chi connectivity index (χ1) is 15.2. The second-order valence-electron chi connectivity index (χ2n) is 6.98. The zero-order valence-electron chi connectivity index (χ0n) is 17.5. The minimum atomic E-state index is -0.165. The molecule has 9 heteroatoms. The summed E-state index contributed by atoms with van der Waals surface area (Å²) in [4.78, 5) is 20.6. The maximum Gasteiger partial charge on any atom is 0.322 e. The highest BCUT2D eigenvalue weighted by Crippen LogP contribution is 2.29. The largest absolute Gasteiger partial charge is 0.497 e. The minimum absolute atomic E-state index is 0.165. The molecule has 160 valence electrons. The number of ether oxygens (including phenoxy) is 2. The first-order valence-electron chi connectivity index (χ1n) is 9.95. The summed E-state index contributed by atoms with van der Waals surface area (Å²) in [5.41, 5.74) is 2.38. The molecule has 1 saturated heterocycles. The lowest BCUT2D eigenvalue weighted by atomic mass is 10.2. The van der Waals surface area contributed by atoms with E-state index in [0.29, 0.717) is 43.4 Å². The monoisotopic (exact) mass is 420 g/mol. The van der Waals surface area contributed by atoms with Crippen LogP contribution in [0.3, 0.4) is 0 Å². The van der Waals surface area contributed by atoms with Gasteiger partial charge in [0, 0.05) is 50.2 Å². The average Bonchev–Trinajstić information content (AvgIpc) is 2.85. The number of rotatable bonds is 5. The fourth-order valence-electron chi connectivity index (χ4n) is 3.41. The molecule has 0 spiro atoms. The number of nitrogens with one attached hydrogen (secondary N) is 1. The molecular weight excluding hydrogens is 396 g/mol. The molecule has 2 aromatic heterocycles. The Labute approximate surface area is 180 Å². The van der Waals surface area contributed by atoms with E-state index in [2.05, 4.69) is 25.4 Å². The van der Waals surface area contributed by atoms with Gasteiger partial charge in [0.15, 0.2) is 5.82 Å². The Morgan fingerprint density at radius 2 is 1.71 bits per heavy atom. The van der Waals surface area contributed by atoms with Crippen LogP contribution in [0.2, 0.25) is 0 Å². The van der Waals surface area contributed by atoms with Crippen molar-refractivity contribution in [1.82, 2.24) is 20.1 Å². The van der Waals surface area contributed by atoms with Gasteiger partial charge in [0.1, 0.15) is 11.5 Å². The standard InChI is InChI=1S/C22H24N6O3/c1-30-17-3-4-19(20(15-17)31-2)24-22(29)28-13-11-27(12-14-28)21-6-5-18(25-26-21)16-7-9-23-10-8-16/h3-10,15H,11-14H2,1-2H3,(H,24,29). The van der Waals surface area contributed by atoms with E-state index in [1.165, 1.54) is 0 Å². The first-order valence-corrected chi connectivity index (χ1v) is 9.95. The number of hydrogen-bond acceptors (Lipinski definition) is 7. The van der Waals surface area contributed by atoms with E-state index in [0.717, 1.165) is 17.1 Å². The maximum atomic E-state index is 12.7. The van der Waals surface area contributed by atoms with Crippen molar-refractivity contribution in [3.8, 4) is 22.8 Å². The Kier molecular flexibility index (Phi) is 6.11. The van der Waals surface area contributed by atoms with Gasteiger partial charge < -0.3 is 24.6 Å². The number of piperazine rings is 1. The normalized spacial score (nSPS) is 13.6. The van der Waals surface area contributed by atoms with E-state index in [4.69, 9.17) is 9.47 Å². The summed E-state index contributed by atoms with van der Waals surface area (Å²) < 4.78 is 10.5. The van der Waals surface area contributed by atoms with Crippen LogP contribution in [0.1, 0.15) is 0 Å². The number of carbonyl (C=O) groups is 1. The van der Waals surface area contributed by atoms with Crippen LogP contribution in [0, 0.1) is 0 Å². The third kappa shape index (κ3) is 4.66. The SMILES string of the molecule is COc1ccc(NC(=O)N2CCN(c3ccc(-c4ccncc4)nn3)CC2)c(OC)c1. The third-order valence-electron chi connectivity index (χ3n) is 5.17. The Hall–Kier alpha value is -3.88. The van der Waals surface area contributed by atoms with Crippen LogP contribution < -0.4 is 19.7 Å². The Morgan fingerprint density at radius 1 is 0.935 bits per heavy atom. The molecule has 0 bridgehead atoms. The second kappa shape index (κ2) is 9.29. The van der Waals surface area contributed by atoms with Crippen LogP contribution in [0.25, 0.3) is 11.3 Å². The number of urea groups is 1. The number of benzene rings is 1. The van der Waals surface area contributed by atoms with Crippen LogP contribution in [0.5, 0.6) is 11.5 Å². The Bertz CT molecular complexity index is 1020. The molecule has 0 radical (unpaired) electrons. The molecule has 0 unspecified atom stereocenters. The summed E-state index contributed by atoms with van der Waals surface area (Å²) >= 11 is 0. The summed E-state index contributed by atoms with van der Waals surface area (Å²) in [5.74, 6) is 2.02. The van der Waals surface area contributed by atoms with Crippen molar-refractivity contribution in [1.29, 1.82) is 0 Å².